The highest BCUT2D eigenvalue weighted by atomic mass is 16.6. The lowest BCUT2D eigenvalue weighted by atomic mass is 9.95. The minimum absolute atomic E-state index is 0.0542. The van der Waals surface area contributed by atoms with E-state index in [0.717, 1.165) is 52.5 Å². The lowest BCUT2D eigenvalue weighted by Crippen LogP contribution is -2.55. The predicted octanol–water partition coefficient (Wildman–Crippen LogP) is 5.75. The van der Waals surface area contributed by atoms with E-state index in [0.29, 0.717) is 24.5 Å². The van der Waals surface area contributed by atoms with Gasteiger partial charge in [0.05, 0.1) is 22.8 Å². The van der Waals surface area contributed by atoms with Crippen molar-refractivity contribution in [1.29, 1.82) is 0 Å². The van der Waals surface area contributed by atoms with Crippen molar-refractivity contribution >= 4 is 22.9 Å². The van der Waals surface area contributed by atoms with E-state index in [9.17, 15) is 9.59 Å². The number of nitrogens with zero attached hydrogens (tertiary/aromatic N) is 4. The van der Waals surface area contributed by atoms with E-state index in [4.69, 9.17) is 9.47 Å². The van der Waals surface area contributed by atoms with Crippen LogP contribution >= 0.6 is 0 Å². The summed E-state index contributed by atoms with van der Waals surface area (Å²) < 4.78 is 13.4. The molecule has 1 aliphatic carbocycles. The number of likely N-dealkylation sites (tertiary alicyclic amines) is 1. The van der Waals surface area contributed by atoms with Crippen LogP contribution in [0.25, 0.3) is 22.2 Å². The molecule has 3 heterocycles. The second-order valence-electron chi connectivity index (χ2n) is 12.4. The molecule has 4 aromatic rings. The molecule has 218 valence electrons. The van der Waals surface area contributed by atoms with Gasteiger partial charge in [-0.1, -0.05) is 12.1 Å². The molecule has 1 saturated carbocycles. The molecule has 0 radical (unpaired) electrons. The minimum atomic E-state index is -0.543. The second-order valence-corrected chi connectivity index (χ2v) is 12.4. The van der Waals surface area contributed by atoms with E-state index in [1.165, 1.54) is 0 Å². The van der Waals surface area contributed by atoms with Crippen LogP contribution in [0.2, 0.25) is 0 Å². The maximum atomic E-state index is 13.8. The number of hydrogen-bond donors (Lipinski definition) is 1. The van der Waals surface area contributed by atoms with Gasteiger partial charge in [0.25, 0.3) is 5.91 Å². The quantitative estimate of drug-likeness (QED) is 0.305. The maximum absolute atomic E-state index is 13.8. The fourth-order valence-electron chi connectivity index (χ4n) is 5.47. The van der Waals surface area contributed by atoms with Gasteiger partial charge in [-0.05, 0) is 94.5 Å². The van der Waals surface area contributed by atoms with Crippen LogP contribution in [0.4, 0.5) is 4.79 Å². The monoisotopic (exact) mass is 567 g/mol. The first-order chi connectivity index (χ1) is 20.0. The van der Waals surface area contributed by atoms with Gasteiger partial charge < -0.3 is 19.7 Å². The van der Waals surface area contributed by atoms with Gasteiger partial charge in [0.15, 0.2) is 0 Å². The van der Waals surface area contributed by atoms with Crippen LogP contribution in [0.15, 0.2) is 60.9 Å². The largest absolute Gasteiger partial charge is 0.491 e. The molecular formula is C33H37N5O4. The standard InChI is InChI=1S/C33H37N5O4/c1-21-8-9-24(41-20-23-10-16-38(23)31(40)42-32(2,3)4)19-26(21)30(39)35-33(12-13-33)27-17-22(28-11-15-37(5)36-28)18-29-25(27)7-6-14-34-29/h6-9,11,14-15,17-19,23H,10,12-13,16,20H2,1-5H3,(H,35,39)/t23-/m0/s1. The summed E-state index contributed by atoms with van der Waals surface area (Å²) >= 11 is 0. The van der Waals surface area contributed by atoms with Crippen molar-refractivity contribution in [3.8, 4) is 17.0 Å². The molecule has 6 rings (SSSR count). The molecule has 2 aromatic heterocycles. The zero-order chi connectivity index (χ0) is 29.6. The summed E-state index contributed by atoms with van der Waals surface area (Å²) in [6.07, 6.45) is 5.91. The molecule has 1 N–H and O–H groups in total. The molecule has 9 heteroatoms. The van der Waals surface area contributed by atoms with Gasteiger partial charge in [-0.15, -0.1) is 0 Å². The Bertz CT molecular complexity index is 1670. The summed E-state index contributed by atoms with van der Waals surface area (Å²) in [4.78, 5) is 32.6. The summed E-state index contributed by atoms with van der Waals surface area (Å²) in [6.45, 7) is 8.49. The molecule has 1 saturated heterocycles. The first-order valence-electron chi connectivity index (χ1n) is 14.5. The second kappa shape index (κ2) is 10.5. The zero-order valence-corrected chi connectivity index (χ0v) is 24.8. The molecule has 2 aromatic carbocycles. The number of benzene rings is 2. The normalized spacial score (nSPS) is 17.5. The van der Waals surface area contributed by atoms with Gasteiger partial charge in [-0.2, -0.15) is 5.10 Å². The number of fused-ring (bicyclic) bond motifs is 1. The van der Waals surface area contributed by atoms with E-state index >= 15 is 0 Å². The zero-order valence-electron chi connectivity index (χ0n) is 24.8. The Hall–Kier alpha value is -4.40. The topological polar surface area (TPSA) is 98.6 Å². The van der Waals surface area contributed by atoms with E-state index in [1.807, 2.05) is 65.2 Å². The molecule has 1 atom stereocenters. The Labute approximate surface area is 245 Å². The molecule has 0 bridgehead atoms. The van der Waals surface area contributed by atoms with Crippen LogP contribution in [0, 0.1) is 6.92 Å². The molecule has 0 spiro atoms. The molecule has 1 aliphatic heterocycles. The number of aromatic nitrogens is 3. The Morgan fingerprint density at radius 3 is 2.60 bits per heavy atom. The van der Waals surface area contributed by atoms with E-state index in [2.05, 4.69) is 33.6 Å². The number of carbonyl (C=O) groups excluding carboxylic acids is 2. The molecule has 2 fully saturated rings. The van der Waals surface area contributed by atoms with Crippen molar-refractivity contribution < 1.29 is 19.1 Å². The summed E-state index contributed by atoms with van der Waals surface area (Å²) in [5.41, 5.74) is 4.18. The summed E-state index contributed by atoms with van der Waals surface area (Å²) in [7, 11) is 1.90. The van der Waals surface area contributed by atoms with E-state index in [-0.39, 0.29) is 18.0 Å². The maximum Gasteiger partial charge on any atom is 0.410 e. The average molecular weight is 568 g/mol. The third kappa shape index (κ3) is 5.55. The molecule has 2 aliphatic rings. The van der Waals surface area contributed by atoms with Crippen molar-refractivity contribution in [3.05, 3.63) is 77.6 Å². The van der Waals surface area contributed by atoms with E-state index < -0.39 is 11.1 Å². The average Bonchev–Trinajstić information content (AvgIpc) is 3.56. The smallest absolute Gasteiger partial charge is 0.410 e. The summed E-state index contributed by atoms with van der Waals surface area (Å²) in [5, 5.41) is 8.97. The Morgan fingerprint density at radius 1 is 1.12 bits per heavy atom. The minimum Gasteiger partial charge on any atom is -0.491 e. The van der Waals surface area contributed by atoms with Crippen molar-refractivity contribution in [2.75, 3.05) is 13.2 Å². The lowest BCUT2D eigenvalue weighted by Gasteiger charge is -2.41. The van der Waals surface area contributed by atoms with Crippen LogP contribution in [0.3, 0.4) is 0 Å². The van der Waals surface area contributed by atoms with Crippen molar-refractivity contribution in [1.82, 2.24) is 25.0 Å². The first kappa shape index (κ1) is 27.8. The third-order valence-electron chi connectivity index (χ3n) is 8.02. The molecule has 9 nitrogen and oxygen atoms in total. The van der Waals surface area contributed by atoms with Gasteiger partial charge in [-0.25, -0.2) is 4.79 Å². The molecular weight excluding hydrogens is 530 g/mol. The van der Waals surface area contributed by atoms with Crippen molar-refractivity contribution in [2.24, 2.45) is 7.05 Å². The first-order valence-corrected chi connectivity index (χ1v) is 14.5. The number of rotatable bonds is 7. The van der Waals surface area contributed by atoms with Crippen LogP contribution in [0.5, 0.6) is 5.75 Å². The highest BCUT2D eigenvalue weighted by Crippen LogP contribution is 2.49. The third-order valence-corrected chi connectivity index (χ3v) is 8.02. The number of carbonyl (C=O) groups is 2. The summed E-state index contributed by atoms with van der Waals surface area (Å²) in [5.74, 6) is 0.452. The van der Waals surface area contributed by atoms with Gasteiger partial charge >= 0.3 is 6.09 Å². The number of hydrogen-bond acceptors (Lipinski definition) is 6. The number of amides is 2. The van der Waals surface area contributed by atoms with Gasteiger partial charge in [0, 0.05) is 42.5 Å². The van der Waals surface area contributed by atoms with Crippen molar-refractivity contribution in [3.63, 3.8) is 0 Å². The Balaban J connectivity index is 1.20. The lowest BCUT2D eigenvalue weighted by molar-refractivity contribution is -0.0141. The summed E-state index contributed by atoms with van der Waals surface area (Å²) in [6, 6.07) is 15.7. The number of nitrogens with one attached hydrogen (secondary N) is 1. The SMILES string of the molecule is Cc1ccc(OC[C@@H]2CCN2C(=O)OC(C)(C)C)cc1C(=O)NC1(c2cc(-c3ccn(C)n3)cc3ncccc23)CC1. The Kier molecular flexibility index (Phi) is 6.91. The number of aryl methyl sites for hydroxylation is 2. The molecule has 0 unspecified atom stereocenters. The van der Waals surface area contributed by atoms with Gasteiger partial charge in [-0.3, -0.25) is 14.5 Å². The molecule has 42 heavy (non-hydrogen) atoms. The Morgan fingerprint density at radius 2 is 1.93 bits per heavy atom. The predicted molar refractivity (Wildman–Crippen MR) is 160 cm³/mol. The van der Waals surface area contributed by atoms with Gasteiger partial charge in [0.1, 0.15) is 18.0 Å². The highest BCUT2D eigenvalue weighted by Gasteiger charge is 2.47. The van der Waals surface area contributed by atoms with Crippen LogP contribution < -0.4 is 10.1 Å². The number of ether oxygens (including phenoxy) is 2. The van der Waals surface area contributed by atoms with Crippen molar-refractivity contribution in [2.45, 2.75) is 64.1 Å². The number of pyridine rings is 1. The molecule has 2 amide bonds. The highest BCUT2D eigenvalue weighted by molar-refractivity contribution is 5.98. The van der Waals surface area contributed by atoms with Gasteiger partial charge in [0.2, 0.25) is 0 Å². The van der Waals surface area contributed by atoms with Crippen LogP contribution in [0.1, 0.15) is 61.5 Å². The van der Waals surface area contributed by atoms with Crippen LogP contribution in [-0.2, 0) is 17.3 Å². The fourth-order valence-corrected chi connectivity index (χ4v) is 5.47. The fraction of sp³-hybridized carbons (Fsp3) is 0.394. The van der Waals surface area contributed by atoms with Crippen LogP contribution in [-0.4, -0.2) is 56.5 Å². The van der Waals surface area contributed by atoms with E-state index in [1.54, 1.807) is 21.8 Å².